The summed E-state index contributed by atoms with van der Waals surface area (Å²) in [7, 11) is 0. The minimum Gasteiger partial charge on any atom is -0.545 e. The first-order valence-electron chi connectivity index (χ1n) is 8.17. The van der Waals surface area contributed by atoms with E-state index in [2.05, 4.69) is 14.2 Å². The molecule has 12 nitrogen and oxygen atoms in total. The minimum atomic E-state index is -1.41. The number of carbonyl (C=O) groups is 6. The third kappa shape index (κ3) is 38.6. The summed E-state index contributed by atoms with van der Waals surface area (Å²) in [6.07, 6.45) is 4.28. The van der Waals surface area contributed by atoms with E-state index in [0.29, 0.717) is 18.2 Å². The summed E-state index contributed by atoms with van der Waals surface area (Å²) in [5.41, 5.74) is 0. The molecule has 0 aromatic heterocycles. The van der Waals surface area contributed by atoms with Gasteiger partial charge in [-0.2, -0.15) is 0 Å². The molecule has 31 heavy (non-hydrogen) atoms. The maximum absolute atomic E-state index is 10.3. The van der Waals surface area contributed by atoms with Gasteiger partial charge in [0.2, 0.25) is 0 Å². The Morgan fingerprint density at radius 3 is 0.839 bits per heavy atom. The molecule has 0 aliphatic rings. The summed E-state index contributed by atoms with van der Waals surface area (Å²) < 4.78 is 13.1. The minimum absolute atomic E-state index is 0. The van der Waals surface area contributed by atoms with Gasteiger partial charge in [-0.15, -0.1) is 0 Å². The predicted octanol–water partition coefficient (Wildman–Crippen LogP) is -3.43. The van der Waals surface area contributed by atoms with Gasteiger partial charge in [0.25, 0.3) is 0 Å². The number of esters is 3. The van der Waals surface area contributed by atoms with E-state index in [4.69, 9.17) is 0 Å². The molecule has 0 saturated carbocycles. The number of carboxylic acids is 3. The molecule has 0 saturated heterocycles. The van der Waals surface area contributed by atoms with Crippen LogP contribution in [0.2, 0.25) is 0 Å². The zero-order valence-electron chi connectivity index (χ0n) is 16.9. The van der Waals surface area contributed by atoms with Crippen molar-refractivity contribution in [2.45, 2.75) is 20.8 Å². The SMILES string of the molecule is CCOC(=O)/C=C\C(=O)[O-].CCOC(=O)/C=C\C(=O)[O-].CCOC(=O)/C=C\C(=O)[O-].[Sm+3]. The van der Waals surface area contributed by atoms with Crippen molar-refractivity contribution in [2.75, 3.05) is 19.8 Å². The Balaban J connectivity index is -0.000000174. The quantitative estimate of drug-likeness (QED) is 0.149. The predicted molar refractivity (Wildman–Crippen MR) is 92.3 cm³/mol. The van der Waals surface area contributed by atoms with Crippen LogP contribution in [0.3, 0.4) is 0 Å². The topological polar surface area (TPSA) is 199 Å². The molecule has 0 N–H and O–H groups in total. The van der Waals surface area contributed by atoms with Gasteiger partial charge in [-0.25, -0.2) is 14.4 Å². The van der Waals surface area contributed by atoms with Crippen LogP contribution in [0.5, 0.6) is 0 Å². The maximum Gasteiger partial charge on any atom is 3.00 e. The number of carboxylic acid groups (broad SMARTS) is 3. The number of rotatable bonds is 9. The molecule has 171 valence electrons. The van der Waals surface area contributed by atoms with Gasteiger partial charge in [-0.1, -0.05) is 0 Å². The van der Waals surface area contributed by atoms with E-state index in [1.54, 1.807) is 20.8 Å². The van der Waals surface area contributed by atoms with E-state index in [-0.39, 0.29) is 60.2 Å². The third-order valence-electron chi connectivity index (χ3n) is 1.93. The number of aliphatic carboxylic acids is 3. The number of hydrogen-bond acceptors (Lipinski definition) is 12. The maximum atomic E-state index is 10.3. The molecule has 13 heteroatoms. The van der Waals surface area contributed by atoms with Crippen molar-refractivity contribution in [3.05, 3.63) is 36.5 Å². The van der Waals surface area contributed by atoms with E-state index >= 15 is 0 Å². The van der Waals surface area contributed by atoms with Crippen LogP contribution >= 0.6 is 0 Å². The van der Waals surface area contributed by atoms with Crippen LogP contribution in [0.25, 0.3) is 0 Å². The van der Waals surface area contributed by atoms with Crippen LogP contribution in [-0.4, -0.2) is 55.6 Å². The fraction of sp³-hybridized carbons (Fsp3) is 0.333. The first kappa shape index (κ1) is 35.8. The normalized spacial score (nSPS) is 9.39. The molecule has 0 aromatic rings. The molecule has 0 bridgehead atoms. The van der Waals surface area contributed by atoms with E-state index in [0.717, 1.165) is 18.2 Å². The van der Waals surface area contributed by atoms with Crippen molar-refractivity contribution in [3.8, 4) is 0 Å². The van der Waals surface area contributed by atoms with Gasteiger partial charge in [0.15, 0.2) is 0 Å². The largest absolute Gasteiger partial charge is 3.00 e. The summed E-state index contributed by atoms with van der Waals surface area (Å²) in [6.45, 7) is 5.59. The van der Waals surface area contributed by atoms with Gasteiger partial charge in [0.05, 0.1) is 37.7 Å². The Bertz CT molecular complexity index is 574. The van der Waals surface area contributed by atoms with Gasteiger partial charge in [0, 0.05) is 18.2 Å². The first-order valence-corrected chi connectivity index (χ1v) is 8.17. The van der Waals surface area contributed by atoms with Crippen LogP contribution in [0, 0.1) is 40.4 Å². The zero-order valence-corrected chi connectivity index (χ0v) is 19.5. The first-order chi connectivity index (χ1) is 14.0. The smallest absolute Gasteiger partial charge is 0.545 e. The molecular formula is C18H21O12Sm. The van der Waals surface area contributed by atoms with Gasteiger partial charge in [0.1, 0.15) is 0 Å². The van der Waals surface area contributed by atoms with Crippen LogP contribution < -0.4 is 15.3 Å². The van der Waals surface area contributed by atoms with E-state index in [1.807, 2.05) is 0 Å². The van der Waals surface area contributed by atoms with Crippen molar-refractivity contribution < 1.29 is 98.7 Å². The number of ether oxygens (including phenoxy) is 3. The Kier molecular flexibility index (Phi) is 29.3. The average molecular weight is 580 g/mol. The fourth-order valence-electron chi connectivity index (χ4n) is 0.979. The monoisotopic (exact) mass is 581 g/mol. The summed E-state index contributed by atoms with van der Waals surface area (Å²) in [4.78, 5) is 60.1. The molecule has 0 rings (SSSR count). The molecule has 0 amide bonds. The zero-order chi connectivity index (χ0) is 23.9. The number of hydrogen-bond donors (Lipinski definition) is 0. The van der Waals surface area contributed by atoms with Crippen molar-refractivity contribution in [1.82, 2.24) is 0 Å². The second kappa shape index (κ2) is 25.4. The summed E-state index contributed by atoms with van der Waals surface area (Å²) in [6, 6.07) is 0. The van der Waals surface area contributed by atoms with Crippen molar-refractivity contribution in [1.29, 1.82) is 0 Å². The Hall–Kier alpha value is -2.62. The second-order valence-electron chi connectivity index (χ2n) is 4.21. The molecule has 0 spiro atoms. The summed E-state index contributed by atoms with van der Waals surface area (Å²) in [5, 5.41) is 29.1. The molecule has 0 aliphatic heterocycles. The third-order valence-corrected chi connectivity index (χ3v) is 1.93. The molecule has 0 heterocycles. The van der Waals surface area contributed by atoms with Crippen molar-refractivity contribution >= 4 is 35.8 Å². The molecule has 1 radical (unpaired) electrons. The Morgan fingerprint density at radius 2 is 0.710 bits per heavy atom. The molecular weight excluding hydrogens is 559 g/mol. The van der Waals surface area contributed by atoms with Gasteiger partial charge in [-0.3, -0.25) is 0 Å². The van der Waals surface area contributed by atoms with Crippen LogP contribution in [0.1, 0.15) is 20.8 Å². The van der Waals surface area contributed by atoms with Gasteiger partial charge >= 0.3 is 58.3 Å². The van der Waals surface area contributed by atoms with Crippen molar-refractivity contribution in [2.24, 2.45) is 0 Å². The van der Waals surface area contributed by atoms with Crippen LogP contribution in [-0.2, 0) is 43.0 Å². The second-order valence-corrected chi connectivity index (χ2v) is 4.21. The van der Waals surface area contributed by atoms with E-state index in [1.165, 1.54) is 0 Å². The fourth-order valence-corrected chi connectivity index (χ4v) is 0.979. The average Bonchev–Trinajstić information content (AvgIpc) is 2.65. The van der Waals surface area contributed by atoms with Crippen LogP contribution in [0.15, 0.2) is 36.5 Å². The standard InChI is InChI=1S/3C6H8O4.Sm/c3*1-2-10-6(9)4-3-5(7)8;/h3*3-4H,2H2,1H3,(H,7,8);/q;;;+3/p-3/b3*4-3-;. The van der Waals surface area contributed by atoms with Gasteiger partial charge in [-0.05, 0) is 39.0 Å². The molecule has 0 fully saturated rings. The van der Waals surface area contributed by atoms with Gasteiger partial charge < -0.3 is 43.9 Å². The summed E-state index contributed by atoms with van der Waals surface area (Å²) in [5.74, 6) is -6.25. The molecule has 0 aliphatic carbocycles. The Labute approximate surface area is 210 Å². The van der Waals surface area contributed by atoms with E-state index in [9.17, 15) is 44.1 Å². The number of carbonyl (C=O) groups excluding carboxylic acids is 6. The van der Waals surface area contributed by atoms with Crippen LogP contribution in [0.4, 0.5) is 0 Å². The molecule has 0 aromatic carbocycles. The Morgan fingerprint density at radius 1 is 0.516 bits per heavy atom. The van der Waals surface area contributed by atoms with E-state index < -0.39 is 35.8 Å². The van der Waals surface area contributed by atoms with Crippen molar-refractivity contribution in [3.63, 3.8) is 0 Å². The molecule has 0 atom stereocenters. The summed E-state index contributed by atoms with van der Waals surface area (Å²) >= 11 is 0. The molecule has 0 unspecified atom stereocenters.